The second kappa shape index (κ2) is 15.4. The van der Waals surface area contributed by atoms with Crippen molar-refractivity contribution in [1.29, 1.82) is 0 Å². The van der Waals surface area contributed by atoms with E-state index in [4.69, 9.17) is 12.2 Å². The van der Waals surface area contributed by atoms with Crippen LogP contribution in [0.1, 0.15) is 68.9 Å². The van der Waals surface area contributed by atoms with Crippen LogP contribution >= 0.6 is 12.2 Å². The standard InChI is InChI=1S/C30H40N2O3S/c33-28(22-26(30(34)35)19-18-24-13-6-2-7-14-24)32-27(21-25-15-8-3-9-16-25)29(36)31-20-10-17-23-11-4-1-5-12-23/h1-2,4-7,11-14,25-27H,3,8-10,15-22H2,(H,31,36)(H,32,33)(H,34,35). The number of hydrogen-bond acceptors (Lipinski definition) is 3. The molecule has 0 aromatic heterocycles. The molecule has 1 aliphatic rings. The van der Waals surface area contributed by atoms with Crippen molar-refractivity contribution in [3.05, 3.63) is 71.8 Å². The van der Waals surface area contributed by atoms with Crippen LogP contribution in [0.5, 0.6) is 0 Å². The molecule has 5 nitrogen and oxygen atoms in total. The highest BCUT2D eigenvalue weighted by Crippen LogP contribution is 2.27. The molecule has 3 N–H and O–H groups in total. The van der Waals surface area contributed by atoms with Crippen LogP contribution in [0, 0.1) is 11.8 Å². The van der Waals surface area contributed by atoms with Gasteiger partial charge in [-0.15, -0.1) is 0 Å². The van der Waals surface area contributed by atoms with Crippen molar-refractivity contribution in [2.75, 3.05) is 6.54 Å². The highest BCUT2D eigenvalue weighted by atomic mass is 32.1. The Morgan fingerprint density at radius 2 is 1.53 bits per heavy atom. The maximum atomic E-state index is 13.0. The first-order valence-corrected chi connectivity index (χ1v) is 13.8. The Hall–Kier alpha value is -2.73. The lowest BCUT2D eigenvalue weighted by Gasteiger charge is -2.28. The molecule has 0 aliphatic heterocycles. The number of carboxylic acid groups (broad SMARTS) is 1. The molecule has 36 heavy (non-hydrogen) atoms. The molecule has 1 fully saturated rings. The quantitative estimate of drug-likeness (QED) is 0.225. The van der Waals surface area contributed by atoms with E-state index in [1.807, 2.05) is 48.5 Å². The average molecular weight is 509 g/mol. The maximum absolute atomic E-state index is 13.0. The molecule has 2 aromatic rings. The van der Waals surface area contributed by atoms with Gasteiger partial charge in [-0.25, -0.2) is 0 Å². The zero-order valence-corrected chi connectivity index (χ0v) is 22.0. The molecule has 0 heterocycles. The average Bonchev–Trinajstić information content (AvgIpc) is 2.90. The van der Waals surface area contributed by atoms with E-state index in [-0.39, 0.29) is 18.4 Å². The first-order valence-electron chi connectivity index (χ1n) is 13.4. The fourth-order valence-electron chi connectivity index (χ4n) is 5.04. The number of thiocarbonyl (C=S) groups is 1. The third-order valence-corrected chi connectivity index (χ3v) is 7.56. The van der Waals surface area contributed by atoms with Gasteiger partial charge in [0.05, 0.1) is 16.9 Å². The van der Waals surface area contributed by atoms with Crippen molar-refractivity contribution in [3.8, 4) is 0 Å². The summed E-state index contributed by atoms with van der Waals surface area (Å²) in [6.07, 6.45) is 9.84. The fourth-order valence-corrected chi connectivity index (χ4v) is 5.29. The molecule has 194 valence electrons. The van der Waals surface area contributed by atoms with Crippen LogP contribution in [-0.4, -0.2) is 34.6 Å². The number of aliphatic carboxylic acids is 1. The predicted molar refractivity (Wildman–Crippen MR) is 149 cm³/mol. The lowest BCUT2D eigenvalue weighted by Crippen LogP contribution is -2.47. The van der Waals surface area contributed by atoms with E-state index in [9.17, 15) is 14.7 Å². The van der Waals surface area contributed by atoms with Crippen LogP contribution in [-0.2, 0) is 22.4 Å². The molecule has 2 aromatic carbocycles. The van der Waals surface area contributed by atoms with Crippen molar-refractivity contribution < 1.29 is 14.7 Å². The summed E-state index contributed by atoms with van der Waals surface area (Å²) in [5.74, 6) is -1.33. The van der Waals surface area contributed by atoms with Gasteiger partial charge >= 0.3 is 5.97 Å². The Labute approximate surface area is 221 Å². The Balaban J connectivity index is 1.52. The number of hydrogen-bond donors (Lipinski definition) is 3. The summed E-state index contributed by atoms with van der Waals surface area (Å²) < 4.78 is 0. The van der Waals surface area contributed by atoms with Crippen LogP contribution in [0.4, 0.5) is 0 Å². The lowest BCUT2D eigenvalue weighted by molar-refractivity contribution is -0.144. The van der Waals surface area contributed by atoms with E-state index in [2.05, 4.69) is 22.8 Å². The summed E-state index contributed by atoms with van der Waals surface area (Å²) >= 11 is 5.73. The summed E-state index contributed by atoms with van der Waals surface area (Å²) in [5, 5.41) is 16.2. The monoisotopic (exact) mass is 508 g/mol. The van der Waals surface area contributed by atoms with E-state index in [0.29, 0.717) is 23.7 Å². The molecule has 3 rings (SSSR count). The fraction of sp³-hybridized carbons (Fsp3) is 0.500. The molecule has 0 saturated heterocycles. The first-order chi connectivity index (χ1) is 17.5. The number of amides is 1. The summed E-state index contributed by atoms with van der Waals surface area (Å²) in [7, 11) is 0. The van der Waals surface area contributed by atoms with E-state index in [0.717, 1.165) is 44.2 Å². The largest absolute Gasteiger partial charge is 0.481 e. The van der Waals surface area contributed by atoms with Crippen LogP contribution in [0.25, 0.3) is 0 Å². The van der Waals surface area contributed by atoms with Gasteiger partial charge in [-0.05, 0) is 49.1 Å². The summed E-state index contributed by atoms with van der Waals surface area (Å²) in [6, 6.07) is 19.9. The SMILES string of the molecule is O=C(CC(CCc1ccccc1)C(=O)O)NC(CC1CCCCC1)C(=S)NCCCc1ccccc1. The van der Waals surface area contributed by atoms with Crippen LogP contribution < -0.4 is 10.6 Å². The van der Waals surface area contributed by atoms with Gasteiger partial charge < -0.3 is 15.7 Å². The molecule has 2 atom stereocenters. The molecule has 6 heteroatoms. The van der Waals surface area contributed by atoms with Gasteiger partial charge in [0.2, 0.25) is 5.91 Å². The summed E-state index contributed by atoms with van der Waals surface area (Å²) in [5.41, 5.74) is 2.38. The molecule has 0 radical (unpaired) electrons. The van der Waals surface area contributed by atoms with Crippen LogP contribution in [0.15, 0.2) is 60.7 Å². The van der Waals surface area contributed by atoms with Crippen molar-refractivity contribution in [1.82, 2.24) is 10.6 Å². The van der Waals surface area contributed by atoms with Gasteiger partial charge in [-0.2, -0.15) is 0 Å². The number of rotatable bonds is 14. The number of carbonyl (C=O) groups is 2. The first kappa shape index (κ1) is 27.9. The van der Waals surface area contributed by atoms with Crippen LogP contribution in [0.3, 0.4) is 0 Å². The Bertz CT molecular complexity index is 945. The smallest absolute Gasteiger partial charge is 0.307 e. The number of benzene rings is 2. The predicted octanol–water partition coefficient (Wildman–Crippen LogP) is 5.72. The van der Waals surface area contributed by atoms with Crippen molar-refractivity contribution in [2.45, 2.75) is 76.7 Å². The minimum Gasteiger partial charge on any atom is -0.481 e. The number of carbonyl (C=O) groups excluding carboxylic acids is 1. The van der Waals surface area contributed by atoms with E-state index in [1.54, 1.807) is 0 Å². The topological polar surface area (TPSA) is 78.4 Å². The zero-order valence-electron chi connectivity index (χ0n) is 21.2. The lowest BCUT2D eigenvalue weighted by atomic mass is 9.84. The number of nitrogens with one attached hydrogen (secondary N) is 2. The van der Waals surface area contributed by atoms with Gasteiger partial charge in [0.15, 0.2) is 0 Å². The van der Waals surface area contributed by atoms with Crippen molar-refractivity contribution in [3.63, 3.8) is 0 Å². The molecule has 0 spiro atoms. The van der Waals surface area contributed by atoms with Gasteiger partial charge in [-0.3, -0.25) is 9.59 Å². The van der Waals surface area contributed by atoms with Gasteiger partial charge in [0, 0.05) is 13.0 Å². The molecule has 2 unspecified atom stereocenters. The summed E-state index contributed by atoms with van der Waals surface area (Å²) in [6.45, 7) is 0.750. The van der Waals surface area contributed by atoms with Gasteiger partial charge in [-0.1, -0.05) is 105 Å². The Kier molecular flexibility index (Phi) is 11.9. The van der Waals surface area contributed by atoms with Gasteiger partial charge in [0.25, 0.3) is 0 Å². The van der Waals surface area contributed by atoms with Crippen LogP contribution in [0.2, 0.25) is 0 Å². The molecule has 0 bridgehead atoms. The Morgan fingerprint density at radius 1 is 0.917 bits per heavy atom. The second-order valence-electron chi connectivity index (χ2n) is 10.0. The maximum Gasteiger partial charge on any atom is 0.307 e. The van der Waals surface area contributed by atoms with Crippen molar-refractivity contribution >= 4 is 29.1 Å². The molecule has 1 saturated carbocycles. The minimum absolute atomic E-state index is 0.0278. The zero-order chi connectivity index (χ0) is 25.6. The van der Waals surface area contributed by atoms with E-state index >= 15 is 0 Å². The third kappa shape index (κ3) is 10.1. The highest BCUT2D eigenvalue weighted by Gasteiger charge is 2.26. The van der Waals surface area contributed by atoms with E-state index < -0.39 is 11.9 Å². The second-order valence-corrected chi connectivity index (χ2v) is 10.4. The van der Waals surface area contributed by atoms with Gasteiger partial charge in [0.1, 0.15) is 0 Å². The minimum atomic E-state index is -0.925. The third-order valence-electron chi connectivity index (χ3n) is 7.14. The molecule has 1 amide bonds. The number of carboxylic acids is 1. The highest BCUT2D eigenvalue weighted by molar-refractivity contribution is 7.80. The number of aryl methyl sites for hydroxylation is 2. The Morgan fingerprint density at radius 3 is 2.14 bits per heavy atom. The normalized spacial score (nSPS) is 15.6. The van der Waals surface area contributed by atoms with E-state index in [1.165, 1.54) is 24.8 Å². The molecule has 1 aliphatic carbocycles. The molecular weight excluding hydrogens is 468 g/mol. The molecular formula is C30H40N2O3S. The van der Waals surface area contributed by atoms with Crippen molar-refractivity contribution in [2.24, 2.45) is 11.8 Å². The summed E-state index contributed by atoms with van der Waals surface area (Å²) in [4.78, 5) is 25.5.